The van der Waals surface area contributed by atoms with Crippen molar-refractivity contribution in [2.45, 2.75) is 154 Å². The monoisotopic (exact) mass is 695 g/mol. The molecule has 3 aliphatic heterocycles. The van der Waals surface area contributed by atoms with Gasteiger partial charge < -0.3 is 9.64 Å². The average molecular weight is 696 g/mol. The third kappa shape index (κ3) is 5.39. The Morgan fingerprint density at radius 1 is 0.885 bits per heavy atom. The van der Waals surface area contributed by atoms with Gasteiger partial charge in [-0.3, -0.25) is 0 Å². The number of fused-ring (bicyclic) bond motifs is 3. The molecule has 274 valence electrons. The third-order valence-electron chi connectivity index (χ3n) is 16.8. The molecule has 11 rings (SSSR count). The van der Waals surface area contributed by atoms with Crippen molar-refractivity contribution in [1.82, 2.24) is 0 Å². The van der Waals surface area contributed by atoms with E-state index < -0.39 is 0 Å². The van der Waals surface area contributed by atoms with Crippen molar-refractivity contribution in [3.63, 3.8) is 0 Å². The first-order chi connectivity index (χ1) is 25.0. The van der Waals surface area contributed by atoms with E-state index in [-0.39, 0.29) is 21.9 Å². The van der Waals surface area contributed by atoms with E-state index in [0.717, 1.165) is 55.1 Å². The summed E-state index contributed by atoms with van der Waals surface area (Å²) >= 11 is 0. The molecule has 7 saturated carbocycles. The molecule has 7 aliphatic carbocycles. The predicted molar refractivity (Wildman–Crippen MR) is 211 cm³/mol. The maximum absolute atomic E-state index is 9.98. The Bertz CT molecular complexity index is 1780. The Balaban J connectivity index is 1.06. The minimum atomic E-state index is 0.0108. The second kappa shape index (κ2) is 12.4. The fourth-order valence-corrected chi connectivity index (χ4v) is 13.8. The molecule has 0 radical (unpaired) electrons. The topological polar surface area (TPSA) is 40.6 Å². The Kier molecular flexibility index (Phi) is 8.23. The molecule has 1 aromatic carbocycles. The van der Waals surface area contributed by atoms with E-state index in [1.165, 1.54) is 114 Å². The number of unbranched alkanes of at least 4 members (excludes halogenated alkanes) is 2. The third-order valence-corrected chi connectivity index (χ3v) is 16.8. The molecule has 0 spiro atoms. The SMILES string of the molecule is [C-]#[N+]C(C#N)=C1C=C(C=Cc2cc3c4c(c2)C(C)(C25CC6CC(CC(C6)C2)C5)CCN4CCC3(C)C)OC(C23CCC(CCCCC)(CC2)CC3)=C1. The Morgan fingerprint density at radius 2 is 1.54 bits per heavy atom. The Hall–Kier alpha value is -3.24. The molecule has 52 heavy (non-hydrogen) atoms. The molecule has 0 N–H and O–H groups in total. The molecule has 1 unspecified atom stereocenters. The smallest absolute Gasteiger partial charge is 0.269 e. The highest BCUT2D eigenvalue weighted by Gasteiger charge is 2.61. The van der Waals surface area contributed by atoms with Gasteiger partial charge in [-0.25, -0.2) is 10.1 Å². The number of allylic oxidation sites excluding steroid dienone is 6. The summed E-state index contributed by atoms with van der Waals surface area (Å²) in [5.74, 6) is 4.58. The van der Waals surface area contributed by atoms with E-state index in [9.17, 15) is 5.26 Å². The van der Waals surface area contributed by atoms with Gasteiger partial charge in [-0.05, 0) is 183 Å². The number of hydrogen-bond donors (Lipinski definition) is 0. The van der Waals surface area contributed by atoms with Gasteiger partial charge >= 0.3 is 0 Å². The van der Waals surface area contributed by atoms with Crippen LogP contribution >= 0.6 is 0 Å². The van der Waals surface area contributed by atoms with Crippen LogP contribution in [0.3, 0.4) is 0 Å². The molecule has 1 aromatic rings. The molecule has 3 heterocycles. The molecule has 4 nitrogen and oxygen atoms in total. The quantitative estimate of drug-likeness (QED) is 0.154. The minimum Gasteiger partial charge on any atom is -0.461 e. The first-order valence-corrected chi connectivity index (χ1v) is 21.3. The lowest BCUT2D eigenvalue weighted by atomic mass is 9.41. The van der Waals surface area contributed by atoms with Gasteiger partial charge in [0.2, 0.25) is 0 Å². The maximum Gasteiger partial charge on any atom is 0.269 e. The first-order valence-electron chi connectivity index (χ1n) is 21.3. The van der Waals surface area contributed by atoms with Crippen LogP contribution in [0.2, 0.25) is 0 Å². The molecule has 0 saturated heterocycles. The number of nitriles is 1. The van der Waals surface area contributed by atoms with Crippen LogP contribution in [-0.4, -0.2) is 13.1 Å². The number of rotatable bonds is 8. The van der Waals surface area contributed by atoms with Gasteiger partial charge in [0.05, 0.1) is 12.6 Å². The highest BCUT2D eigenvalue weighted by Crippen LogP contribution is 2.69. The fraction of sp³-hybridized carbons (Fsp3) is 0.667. The van der Waals surface area contributed by atoms with E-state index in [1.54, 1.807) is 11.3 Å². The number of nitrogens with zero attached hydrogens (tertiary/aromatic N) is 3. The zero-order valence-electron chi connectivity index (χ0n) is 32.6. The number of benzene rings is 1. The van der Waals surface area contributed by atoms with E-state index in [2.05, 4.69) is 73.9 Å². The lowest BCUT2D eigenvalue weighted by molar-refractivity contribution is -0.0993. The highest BCUT2D eigenvalue weighted by molar-refractivity contribution is 5.73. The van der Waals surface area contributed by atoms with Crippen LogP contribution in [0.5, 0.6) is 0 Å². The fourth-order valence-electron chi connectivity index (χ4n) is 13.8. The highest BCUT2D eigenvalue weighted by atomic mass is 16.5. The summed E-state index contributed by atoms with van der Waals surface area (Å²) in [6, 6.07) is 7.27. The average Bonchev–Trinajstić information content (AvgIpc) is 3.14. The van der Waals surface area contributed by atoms with Crippen molar-refractivity contribution in [1.29, 1.82) is 5.26 Å². The minimum absolute atomic E-state index is 0.0108. The summed E-state index contributed by atoms with van der Waals surface area (Å²) in [4.78, 5) is 6.41. The van der Waals surface area contributed by atoms with Crippen LogP contribution in [0.15, 0.2) is 53.1 Å². The molecule has 0 amide bonds. The summed E-state index contributed by atoms with van der Waals surface area (Å²) in [6.07, 6.45) is 32.3. The largest absolute Gasteiger partial charge is 0.461 e. The zero-order valence-corrected chi connectivity index (χ0v) is 32.6. The molecule has 4 heteroatoms. The maximum atomic E-state index is 9.98. The van der Waals surface area contributed by atoms with Crippen LogP contribution in [0.1, 0.15) is 160 Å². The lowest BCUT2D eigenvalue weighted by Crippen LogP contribution is -2.58. The normalized spacial score (nSPS) is 39.0. The number of hydrogen-bond acceptors (Lipinski definition) is 3. The first kappa shape index (κ1) is 34.5. The Labute approximate surface area is 314 Å². The van der Waals surface area contributed by atoms with E-state index in [4.69, 9.17) is 11.3 Å². The van der Waals surface area contributed by atoms with Crippen LogP contribution in [0.25, 0.3) is 10.9 Å². The van der Waals surface area contributed by atoms with Crippen molar-refractivity contribution in [2.24, 2.45) is 34.0 Å². The van der Waals surface area contributed by atoms with Crippen LogP contribution in [0.4, 0.5) is 5.69 Å². The van der Waals surface area contributed by atoms with E-state index in [1.807, 2.05) is 6.08 Å². The van der Waals surface area contributed by atoms with Gasteiger partial charge in [-0.1, -0.05) is 53.0 Å². The molecule has 1 atom stereocenters. The van der Waals surface area contributed by atoms with E-state index >= 15 is 0 Å². The summed E-state index contributed by atoms with van der Waals surface area (Å²) < 4.78 is 6.89. The summed E-state index contributed by atoms with van der Waals surface area (Å²) in [6.45, 7) is 20.1. The lowest BCUT2D eigenvalue weighted by Gasteiger charge is -2.65. The second-order valence-electron chi connectivity index (χ2n) is 20.1. The van der Waals surface area contributed by atoms with Gasteiger partial charge in [-0.15, -0.1) is 0 Å². The van der Waals surface area contributed by atoms with Crippen molar-refractivity contribution < 1.29 is 4.74 Å². The molecular formula is C48H61N3O. The zero-order chi connectivity index (χ0) is 35.9. The van der Waals surface area contributed by atoms with Gasteiger partial charge in [0.25, 0.3) is 5.70 Å². The van der Waals surface area contributed by atoms with E-state index in [0.29, 0.717) is 16.4 Å². The number of anilines is 1. The van der Waals surface area contributed by atoms with Gasteiger partial charge in [-0.2, -0.15) is 0 Å². The van der Waals surface area contributed by atoms with Gasteiger partial charge in [0.1, 0.15) is 11.5 Å². The molecule has 7 fully saturated rings. The summed E-state index contributed by atoms with van der Waals surface area (Å²) in [5, 5.41) is 9.98. The summed E-state index contributed by atoms with van der Waals surface area (Å²) in [5.41, 5.74) is 8.13. The second-order valence-corrected chi connectivity index (χ2v) is 20.1. The molecular weight excluding hydrogens is 635 g/mol. The molecule has 6 bridgehead atoms. The molecule has 0 aromatic heterocycles. The van der Waals surface area contributed by atoms with Gasteiger partial charge in [0.15, 0.2) is 0 Å². The van der Waals surface area contributed by atoms with Crippen LogP contribution in [0, 0.1) is 51.9 Å². The Morgan fingerprint density at radius 3 is 2.17 bits per heavy atom. The van der Waals surface area contributed by atoms with Crippen molar-refractivity contribution in [3.8, 4) is 6.07 Å². The van der Waals surface area contributed by atoms with Crippen molar-refractivity contribution in [2.75, 3.05) is 18.0 Å². The number of ether oxygens (including phenoxy) is 1. The van der Waals surface area contributed by atoms with Crippen molar-refractivity contribution in [3.05, 3.63) is 81.3 Å². The van der Waals surface area contributed by atoms with Crippen molar-refractivity contribution >= 4 is 11.8 Å². The van der Waals surface area contributed by atoms with Crippen LogP contribution < -0.4 is 4.90 Å². The standard InChI is InChI=1S/C48H61N3O/c1-6-7-8-11-46-12-15-47(16-13-46,17-14-46)42-28-37(41(32-49)50-5)27-38(52-42)10-9-33-25-39-43-40(26-33)45(4,19-21-51(43)20-18-44(39,2)3)48-29-34-22-35(30-48)24-36(23-34)31-48/h9-10,25-28,34-36H,6-8,11-24,29-31H2,1-4H3. The van der Waals surface area contributed by atoms with Gasteiger partial charge in [0, 0.05) is 29.6 Å². The predicted octanol–water partition coefficient (Wildman–Crippen LogP) is 12.5. The summed E-state index contributed by atoms with van der Waals surface area (Å²) in [7, 11) is 0. The van der Waals surface area contributed by atoms with Crippen LogP contribution in [-0.2, 0) is 15.6 Å². The molecule has 10 aliphatic rings.